The van der Waals surface area contributed by atoms with Crippen molar-refractivity contribution in [2.24, 2.45) is 0 Å². The Morgan fingerprint density at radius 1 is 0.968 bits per heavy atom. The highest BCUT2D eigenvalue weighted by atomic mass is 16.6. The van der Waals surface area contributed by atoms with Crippen LogP contribution in [0.2, 0.25) is 0 Å². The van der Waals surface area contributed by atoms with Gasteiger partial charge < -0.3 is 28.7 Å². The Kier molecular flexibility index (Phi) is 7.16. The number of anilines is 1. The summed E-state index contributed by atoms with van der Waals surface area (Å²) in [5, 5.41) is 2.64. The van der Waals surface area contributed by atoms with Crippen molar-refractivity contribution in [1.29, 1.82) is 0 Å². The molecule has 8 heteroatoms. The van der Waals surface area contributed by atoms with Gasteiger partial charge in [0.15, 0.2) is 17.3 Å². The SMILES string of the molecule is COc1cc(NC(=O)c2ccco2)c(C(=O)OCCOc2cccc(C)c2)cc1OC. The van der Waals surface area contributed by atoms with Gasteiger partial charge in [0.1, 0.15) is 19.0 Å². The van der Waals surface area contributed by atoms with Gasteiger partial charge in [0.25, 0.3) is 5.91 Å². The van der Waals surface area contributed by atoms with E-state index in [1.54, 1.807) is 6.07 Å². The number of methoxy groups -OCH3 is 2. The van der Waals surface area contributed by atoms with Gasteiger partial charge in [0, 0.05) is 12.1 Å². The summed E-state index contributed by atoms with van der Waals surface area (Å²) in [4.78, 5) is 25.1. The normalized spacial score (nSPS) is 10.3. The molecule has 0 aliphatic heterocycles. The lowest BCUT2D eigenvalue weighted by Gasteiger charge is -2.15. The maximum atomic E-state index is 12.7. The van der Waals surface area contributed by atoms with Gasteiger partial charge in [-0.05, 0) is 36.8 Å². The Bertz CT molecular complexity index is 1040. The summed E-state index contributed by atoms with van der Waals surface area (Å²) in [5.74, 6) is 0.282. The molecule has 3 rings (SSSR count). The minimum Gasteiger partial charge on any atom is -0.493 e. The predicted octanol–water partition coefficient (Wildman–Crippen LogP) is 4.09. The summed E-state index contributed by atoms with van der Waals surface area (Å²) in [7, 11) is 2.90. The number of hydrogen-bond donors (Lipinski definition) is 1. The van der Waals surface area contributed by atoms with Gasteiger partial charge in [-0.3, -0.25) is 4.79 Å². The Morgan fingerprint density at radius 2 is 1.74 bits per heavy atom. The standard InChI is InChI=1S/C23H23NO7/c1-15-6-4-7-16(12-15)29-10-11-31-23(26)17-13-20(27-2)21(28-3)14-18(17)24-22(25)19-8-5-9-30-19/h4-9,12-14H,10-11H2,1-3H3,(H,24,25). The molecule has 0 fully saturated rings. The van der Waals surface area contributed by atoms with Crippen molar-refractivity contribution in [3.63, 3.8) is 0 Å². The number of esters is 1. The summed E-state index contributed by atoms with van der Waals surface area (Å²) < 4.78 is 26.6. The van der Waals surface area contributed by atoms with E-state index in [0.29, 0.717) is 17.2 Å². The molecule has 1 amide bonds. The summed E-state index contributed by atoms with van der Waals surface area (Å²) in [6.07, 6.45) is 1.38. The number of amides is 1. The number of rotatable bonds is 9. The molecule has 2 aromatic carbocycles. The summed E-state index contributed by atoms with van der Waals surface area (Å²) >= 11 is 0. The van der Waals surface area contributed by atoms with Gasteiger partial charge in [-0.15, -0.1) is 0 Å². The second kappa shape index (κ2) is 10.2. The van der Waals surface area contributed by atoms with Crippen molar-refractivity contribution < 1.29 is 33.0 Å². The van der Waals surface area contributed by atoms with Crippen molar-refractivity contribution in [2.75, 3.05) is 32.8 Å². The highest BCUT2D eigenvalue weighted by Gasteiger charge is 2.21. The molecule has 162 valence electrons. The van der Waals surface area contributed by atoms with Crippen LogP contribution in [0.3, 0.4) is 0 Å². The molecule has 0 radical (unpaired) electrons. The van der Waals surface area contributed by atoms with Gasteiger partial charge in [0.2, 0.25) is 0 Å². The van der Waals surface area contributed by atoms with E-state index in [4.69, 9.17) is 23.4 Å². The third kappa shape index (κ3) is 5.57. The summed E-state index contributed by atoms with van der Waals surface area (Å²) in [5.41, 5.74) is 1.37. The zero-order valence-electron chi connectivity index (χ0n) is 17.5. The summed E-state index contributed by atoms with van der Waals surface area (Å²) in [6.45, 7) is 2.16. The molecule has 1 heterocycles. The molecule has 0 aliphatic carbocycles. The number of carbonyl (C=O) groups is 2. The molecule has 0 aliphatic rings. The van der Waals surface area contributed by atoms with Crippen LogP contribution in [0, 0.1) is 6.92 Å². The van der Waals surface area contributed by atoms with E-state index in [-0.39, 0.29) is 30.2 Å². The number of aryl methyl sites for hydroxylation is 1. The number of ether oxygens (including phenoxy) is 4. The topological polar surface area (TPSA) is 96.2 Å². The average Bonchev–Trinajstić information content (AvgIpc) is 3.31. The first-order chi connectivity index (χ1) is 15.0. The quantitative estimate of drug-likeness (QED) is 0.407. The smallest absolute Gasteiger partial charge is 0.340 e. The lowest BCUT2D eigenvalue weighted by Crippen LogP contribution is -2.17. The van der Waals surface area contributed by atoms with Gasteiger partial charge in [-0.1, -0.05) is 12.1 Å². The van der Waals surface area contributed by atoms with Crippen LogP contribution in [0.25, 0.3) is 0 Å². The van der Waals surface area contributed by atoms with Crippen molar-refractivity contribution in [3.8, 4) is 17.2 Å². The van der Waals surface area contributed by atoms with Crippen LogP contribution in [-0.4, -0.2) is 39.3 Å². The fourth-order valence-electron chi connectivity index (χ4n) is 2.82. The van der Waals surface area contributed by atoms with Crippen LogP contribution in [0.5, 0.6) is 17.2 Å². The van der Waals surface area contributed by atoms with Crippen LogP contribution in [0.4, 0.5) is 5.69 Å². The van der Waals surface area contributed by atoms with Gasteiger partial charge in [-0.2, -0.15) is 0 Å². The first-order valence-electron chi connectivity index (χ1n) is 9.49. The van der Waals surface area contributed by atoms with Crippen LogP contribution in [-0.2, 0) is 4.74 Å². The van der Waals surface area contributed by atoms with Crippen molar-refractivity contribution in [1.82, 2.24) is 0 Å². The van der Waals surface area contributed by atoms with E-state index in [2.05, 4.69) is 5.32 Å². The van der Waals surface area contributed by atoms with Crippen molar-refractivity contribution in [2.45, 2.75) is 6.92 Å². The largest absolute Gasteiger partial charge is 0.493 e. The maximum Gasteiger partial charge on any atom is 0.340 e. The van der Waals surface area contributed by atoms with Crippen molar-refractivity contribution in [3.05, 3.63) is 71.7 Å². The van der Waals surface area contributed by atoms with E-state index < -0.39 is 11.9 Å². The number of benzene rings is 2. The Morgan fingerprint density at radius 3 is 2.42 bits per heavy atom. The highest BCUT2D eigenvalue weighted by Crippen LogP contribution is 2.34. The zero-order chi connectivity index (χ0) is 22.2. The Balaban J connectivity index is 1.72. The molecule has 0 saturated heterocycles. The summed E-state index contributed by atoms with van der Waals surface area (Å²) in [6, 6.07) is 13.6. The van der Waals surface area contributed by atoms with Crippen LogP contribution in [0.1, 0.15) is 26.5 Å². The van der Waals surface area contributed by atoms with Gasteiger partial charge in [0.05, 0.1) is 31.7 Å². The number of furan rings is 1. The first kappa shape index (κ1) is 21.8. The molecule has 0 atom stereocenters. The van der Waals surface area contributed by atoms with Crippen molar-refractivity contribution >= 4 is 17.6 Å². The maximum absolute atomic E-state index is 12.7. The van der Waals surface area contributed by atoms with Crippen LogP contribution >= 0.6 is 0 Å². The Hall–Kier alpha value is -3.94. The van der Waals surface area contributed by atoms with E-state index >= 15 is 0 Å². The zero-order valence-corrected chi connectivity index (χ0v) is 17.5. The lowest BCUT2D eigenvalue weighted by molar-refractivity contribution is 0.0451. The molecular weight excluding hydrogens is 402 g/mol. The number of hydrogen-bond acceptors (Lipinski definition) is 7. The second-order valence-electron chi connectivity index (χ2n) is 6.49. The molecule has 0 saturated carbocycles. The average molecular weight is 425 g/mol. The molecule has 31 heavy (non-hydrogen) atoms. The molecular formula is C23H23NO7. The minimum absolute atomic E-state index is 0.0205. The third-order valence-electron chi connectivity index (χ3n) is 4.31. The minimum atomic E-state index is -0.649. The molecule has 0 unspecified atom stereocenters. The fourth-order valence-corrected chi connectivity index (χ4v) is 2.82. The first-order valence-corrected chi connectivity index (χ1v) is 9.49. The highest BCUT2D eigenvalue weighted by molar-refractivity contribution is 6.07. The molecule has 1 N–H and O–H groups in total. The second-order valence-corrected chi connectivity index (χ2v) is 6.49. The molecule has 3 aromatic rings. The molecule has 1 aromatic heterocycles. The van der Waals surface area contributed by atoms with E-state index in [1.165, 1.54) is 38.7 Å². The Labute approximate surface area is 179 Å². The van der Waals surface area contributed by atoms with E-state index in [0.717, 1.165) is 5.56 Å². The fraction of sp³-hybridized carbons (Fsp3) is 0.217. The number of nitrogens with one attached hydrogen (secondary N) is 1. The molecule has 0 spiro atoms. The molecule has 0 bridgehead atoms. The van der Waals surface area contributed by atoms with Crippen LogP contribution < -0.4 is 19.5 Å². The van der Waals surface area contributed by atoms with Gasteiger partial charge >= 0.3 is 5.97 Å². The lowest BCUT2D eigenvalue weighted by atomic mass is 10.1. The third-order valence-corrected chi connectivity index (χ3v) is 4.31. The van der Waals surface area contributed by atoms with E-state index in [9.17, 15) is 9.59 Å². The predicted molar refractivity (Wildman–Crippen MR) is 113 cm³/mol. The molecule has 8 nitrogen and oxygen atoms in total. The van der Waals surface area contributed by atoms with E-state index in [1.807, 2.05) is 31.2 Å². The monoisotopic (exact) mass is 425 g/mol. The van der Waals surface area contributed by atoms with Crippen LogP contribution in [0.15, 0.2) is 59.2 Å². The van der Waals surface area contributed by atoms with Gasteiger partial charge in [-0.25, -0.2) is 4.79 Å². The number of carbonyl (C=O) groups excluding carboxylic acids is 2.